The molecular formula is C55H52N2O2. The van der Waals surface area contributed by atoms with E-state index in [2.05, 4.69) is 209 Å². The zero-order valence-corrected chi connectivity index (χ0v) is 35.4. The Balaban J connectivity index is 1.44. The van der Waals surface area contributed by atoms with Crippen LogP contribution in [0.1, 0.15) is 75.6 Å². The van der Waals surface area contributed by atoms with Crippen molar-refractivity contribution < 1.29 is 9.47 Å². The number of hydrogen-bond acceptors (Lipinski definition) is 4. The highest BCUT2D eigenvalue weighted by molar-refractivity contribution is 6.24. The molecule has 0 N–H and O–H groups in total. The molecule has 0 amide bonds. The van der Waals surface area contributed by atoms with Crippen LogP contribution in [0.3, 0.4) is 0 Å². The number of hydrogen-bond donors (Lipinski definition) is 0. The van der Waals surface area contributed by atoms with Gasteiger partial charge in [0.15, 0.2) is 0 Å². The minimum Gasteiger partial charge on any atom is -0.497 e. The van der Waals surface area contributed by atoms with Crippen molar-refractivity contribution in [2.75, 3.05) is 24.0 Å². The van der Waals surface area contributed by atoms with Crippen molar-refractivity contribution in [3.63, 3.8) is 0 Å². The molecule has 0 saturated heterocycles. The Bertz CT molecular complexity index is 2800. The maximum atomic E-state index is 5.68. The van der Waals surface area contributed by atoms with E-state index in [0.717, 1.165) is 56.4 Å². The molecular weight excluding hydrogens is 721 g/mol. The molecule has 0 bridgehead atoms. The predicted molar refractivity (Wildman–Crippen MR) is 250 cm³/mol. The van der Waals surface area contributed by atoms with Crippen LogP contribution >= 0.6 is 0 Å². The summed E-state index contributed by atoms with van der Waals surface area (Å²) in [4.78, 5) is 4.90. The molecule has 0 aromatic heterocycles. The molecule has 0 aliphatic heterocycles. The third-order valence-electron chi connectivity index (χ3n) is 12.4. The van der Waals surface area contributed by atoms with Gasteiger partial charge in [-0.05, 0) is 130 Å². The molecule has 0 spiro atoms. The van der Waals surface area contributed by atoms with Gasteiger partial charge in [-0.25, -0.2) is 0 Å². The summed E-state index contributed by atoms with van der Waals surface area (Å²) in [5.74, 6) is 2.49. The molecule has 59 heavy (non-hydrogen) atoms. The van der Waals surface area contributed by atoms with E-state index in [0.29, 0.717) is 11.8 Å². The summed E-state index contributed by atoms with van der Waals surface area (Å²) in [5.41, 5.74) is 14.3. The van der Waals surface area contributed by atoms with Gasteiger partial charge < -0.3 is 19.3 Å². The Morgan fingerprint density at radius 1 is 0.407 bits per heavy atom. The molecule has 1 aliphatic rings. The summed E-state index contributed by atoms with van der Waals surface area (Å²) in [6.07, 6.45) is 0. The lowest BCUT2D eigenvalue weighted by Crippen LogP contribution is -2.17. The third-order valence-corrected chi connectivity index (χ3v) is 12.4. The van der Waals surface area contributed by atoms with E-state index in [4.69, 9.17) is 9.47 Å². The molecule has 0 saturated carbocycles. The number of ether oxygens (including phenoxy) is 2. The molecule has 4 heteroatoms. The summed E-state index contributed by atoms with van der Waals surface area (Å²) in [6, 6.07) is 58.1. The van der Waals surface area contributed by atoms with Crippen molar-refractivity contribution >= 4 is 55.7 Å². The normalized spacial score (nSPS) is 12.8. The third kappa shape index (κ3) is 6.48. The number of fused-ring (bicyclic) bond motifs is 5. The summed E-state index contributed by atoms with van der Waals surface area (Å²) >= 11 is 0. The van der Waals surface area contributed by atoms with Gasteiger partial charge in [0, 0.05) is 49.7 Å². The minimum absolute atomic E-state index is 0.199. The molecule has 0 fully saturated rings. The maximum absolute atomic E-state index is 5.68. The van der Waals surface area contributed by atoms with Gasteiger partial charge in [-0.1, -0.05) is 114 Å². The first-order chi connectivity index (χ1) is 28.6. The fourth-order valence-electron chi connectivity index (χ4n) is 9.10. The van der Waals surface area contributed by atoms with Gasteiger partial charge in [-0.15, -0.1) is 0 Å². The van der Waals surface area contributed by atoms with Crippen molar-refractivity contribution in [2.24, 2.45) is 0 Å². The number of benzene rings is 8. The molecule has 0 heterocycles. The first-order valence-electron chi connectivity index (χ1n) is 20.8. The Hall–Kier alpha value is -6.52. The minimum atomic E-state index is -0.199. The monoisotopic (exact) mass is 772 g/mol. The fourth-order valence-corrected chi connectivity index (χ4v) is 9.10. The fraction of sp³-hybridized carbons (Fsp3) is 0.200. The van der Waals surface area contributed by atoms with Crippen LogP contribution in [-0.2, 0) is 5.41 Å². The zero-order valence-electron chi connectivity index (χ0n) is 35.4. The SMILES string of the molecule is COc1ccc(N(c2ccc(C(C)C)cc2)c2c3ccccc3c(N(c3ccc(OC)cc3)c3ccc(C(C)C)cc3)c3cc4c(cc23)-c2ccccc2C4(C)C)cc1. The molecule has 294 valence electrons. The van der Waals surface area contributed by atoms with Crippen LogP contribution in [0.4, 0.5) is 34.1 Å². The molecule has 8 aromatic rings. The van der Waals surface area contributed by atoms with Crippen LogP contribution in [0.25, 0.3) is 32.7 Å². The Labute approximate surface area is 349 Å². The molecule has 4 nitrogen and oxygen atoms in total. The van der Waals surface area contributed by atoms with Crippen LogP contribution < -0.4 is 19.3 Å². The second-order valence-corrected chi connectivity index (χ2v) is 16.9. The smallest absolute Gasteiger partial charge is 0.119 e. The average Bonchev–Trinajstić information content (AvgIpc) is 3.49. The van der Waals surface area contributed by atoms with Crippen molar-refractivity contribution in [3.8, 4) is 22.6 Å². The van der Waals surface area contributed by atoms with E-state index in [9.17, 15) is 0 Å². The standard InChI is InChI=1S/C55H52N2O2/c1-35(2)37-17-21-39(22-18-37)56(41-25-29-43(58-7)30-26-41)53-46-14-9-10-15-47(46)54(50-34-52-48(33-49(50)53)45-13-11-12-16-51(45)55(52,5)6)57(42-27-31-44(59-8)32-28-42)40-23-19-38(20-24-40)36(3)4/h9-36H,1-8H3. The number of rotatable bonds is 10. The van der Waals surface area contributed by atoms with Gasteiger partial charge in [0.25, 0.3) is 0 Å². The molecule has 0 unspecified atom stereocenters. The molecule has 0 atom stereocenters. The molecule has 8 aromatic carbocycles. The van der Waals surface area contributed by atoms with Crippen LogP contribution in [0, 0.1) is 0 Å². The maximum Gasteiger partial charge on any atom is 0.119 e. The van der Waals surface area contributed by atoms with E-state index in [1.165, 1.54) is 44.2 Å². The van der Waals surface area contributed by atoms with Gasteiger partial charge in [-0.3, -0.25) is 0 Å². The first kappa shape index (κ1) is 38.0. The van der Waals surface area contributed by atoms with Crippen molar-refractivity contribution in [2.45, 2.75) is 58.8 Å². The molecule has 0 radical (unpaired) electrons. The van der Waals surface area contributed by atoms with Gasteiger partial charge in [-0.2, -0.15) is 0 Å². The van der Waals surface area contributed by atoms with Gasteiger partial charge >= 0.3 is 0 Å². The zero-order chi connectivity index (χ0) is 41.0. The average molecular weight is 773 g/mol. The topological polar surface area (TPSA) is 24.9 Å². The lowest BCUT2D eigenvalue weighted by atomic mass is 9.81. The quantitative estimate of drug-likeness (QED) is 0.102. The van der Waals surface area contributed by atoms with Crippen LogP contribution in [-0.4, -0.2) is 14.2 Å². The summed E-state index contributed by atoms with van der Waals surface area (Å²) in [7, 11) is 3.45. The predicted octanol–water partition coefficient (Wildman–Crippen LogP) is 15.5. The summed E-state index contributed by atoms with van der Waals surface area (Å²) < 4.78 is 11.4. The van der Waals surface area contributed by atoms with Crippen molar-refractivity contribution in [1.29, 1.82) is 0 Å². The lowest BCUT2D eigenvalue weighted by molar-refractivity contribution is 0.414. The van der Waals surface area contributed by atoms with E-state index in [-0.39, 0.29) is 5.41 Å². The largest absolute Gasteiger partial charge is 0.497 e. The van der Waals surface area contributed by atoms with Gasteiger partial charge in [0.2, 0.25) is 0 Å². The van der Waals surface area contributed by atoms with E-state index in [1.807, 2.05) is 0 Å². The highest BCUT2D eigenvalue weighted by Gasteiger charge is 2.37. The number of nitrogens with zero attached hydrogens (tertiary/aromatic N) is 2. The Morgan fingerprint density at radius 2 is 0.797 bits per heavy atom. The highest BCUT2D eigenvalue weighted by Crippen LogP contribution is 2.56. The van der Waals surface area contributed by atoms with Crippen LogP contribution in [0.2, 0.25) is 0 Å². The summed E-state index contributed by atoms with van der Waals surface area (Å²) in [6.45, 7) is 13.7. The van der Waals surface area contributed by atoms with Gasteiger partial charge in [0.1, 0.15) is 11.5 Å². The van der Waals surface area contributed by atoms with Crippen molar-refractivity contribution in [3.05, 3.63) is 180 Å². The van der Waals surface area contributed by atoms with E-state index >= 15 is 0 Å². The Kier molecular flexibility index (Phi) is 9.67. The Morgan fingerprint density at radius 3 is 1.22 bits per heavy atom. The molecule has 9 rings (SSSR count). The second-order valence-electron chi connectivity index (χ2n) is 16.9. The number of methoxy groups -OCH3 is 2. The highest BCUT2D eigenvalue weighted by atomic mass is 16.5. The second kappa shape index (κ2) is 15.0. The van der Waals surface area contributed by atoms with Crippen LogP contribution in [0.15, 0.2) is 158 Å². The van der Waals surface area contributed by atoms with E-state index in [1.54, 1.807) is 14.2 Å². The number of anilines is 6. The summed E-state index contributed by atoms with van der Waals surface area (Å²) in [5, 5.41) is 4.66. The first-order valence-corrected chi connectivity index (χ1v) is 20.8. The van der Waals surface area contributed by atoms with Gasteiger partial charge in [0.05, 0.1) is 25.6 Å². The lowest BCUT2D eigenvalue weighted by Gasteiger charge is -2.34. The van der Waals surface area contributed by atoms with Crippen molar-refractivity contribution in [1.82, 2.24) is 0 Å². The molecule has 1 aliphatic carbocycles. The van der Waals surface area contributed by atoms with E-state index < -0.39 is 0 Å². The van der Waals surface area contributed by atoms with Crippen LogP contribution in [0.5, 0.6) is 11.5 Å².